The lowest BCUT2D eigenvalue weighted by molar-refractivity contribution is 0.689. The van der Waals surface area contributed by atoms with E-state index in [0.717, 1.165) is 11.6 Å². The van der Waals surface area contributed by atoms with Crippen LogP contribution in [0.2, 0.25) is 5.02 Å². The maximum absolute atomic E-state index is 6.11. The predicted molar refractivity (Wildman–Crippen MR) is 74.5 cm³/mol. The van der Waals surface area contributed by atoms with Crippen molar-refractivity contribution >= 4 is 11.6 Å². The van der Waals surface area contributed by atoms with Gasteiger partial charge in [-0.15, -0.1) is 0 Å². The van der Waals surface area contributed by atoms with Gasteiger partial charge in [0.15, 0.2) is 0 Å². The summed E-state index contributed by atoms with van der Waals surface area (Å²) in [6.45, 7) is 0.902. The molecule has 1 aliphatic rings. The molecule has 0 amide bonds. The zero-order valence-corrected chi connectivity index (χ0v) is 10.8. The lowest BCUT2D eigenvalue weighted by atomic mass is 10.0. The summed E-state index contributed by atoms with van der Waals surface area (Å²) >= 11 is 6.11. The molecular weight excluding hydrogens is 244 g/mol. The van der Waals surface area contributed by atoms with Crippen LogP contribution in [0.5, 0.6) is 0 Å². The summed E-state index contributed by atoms with van der Waals surface area (Å²) in [6, 6.07) is 10.8. The van der Waals surface area contributed by atoms with Crippen molar-refractivity contribution in [1.29, 1.82) is 0 Å². The number of nitrogens with zero attached hydrogens (tertiary/aromatic N) is 1. The quantitative estimate of drug-likeness (QED) is 0.905. The minimum absolute atomic E-state index is 0.714. The van der Waals surface area contributed by atoms with Crippen LogP contribution in [0.15, 0.2) is 42.7 Å². The van der Waals surface area contributed by atoms with Crippen LogP contribution in [0, 0.1) is 0 Å². The van der Waals surface area contributed by atoms with Gasteiger partial charge in [-0.25, -0.2) is 0 Å². The Hall–Kier alpha value is -1.38. The van der Waals surface area contributed by atoms with Crippen LogP contribution in [0.25, 0.3) is 11.1 Å². The first-order valence-electron chi connectivity index (χ1n) is 6.25. The third-order valence-corrected chi connectivity index (χ3v) is 3.46. The third-order valence-electron chi connectivity index (χ3n) is 3.22. The number of pyridine rings is 1. The van der Waals surface area contributed by atoms with Crippen LogP contribution in [0.1, 0.15) is 18.4 Å². The Morgan fingerprint density at radius 1 is 1.17 bits per heavy atom. The van der Waals surface area contributed by atoms with E-state index in [1.807, 2.05) is 36.7 Å². The van der Waals surface area contributed by atoms with Gasteiger partial charge in [-0.05, 0) is 53.8 Å². The molecule has 2 aromatic rings. The number of rotatable bonds is 4. The molecule has 92 valence electrons. The van der Waals surface area contributed by atoms with Crippen LogP contribution in [-0.4, -0.2) is 11.0 Å². The molecule has 0 bridgehead atoms. The second-order valence-electron chi connectivity index (χ2n) is 4.69. The molecule has 0 atom stereocenters. The number of hydrogen-bond acceptors (Lipinski definition) is 2. The van der Waals surface area contributed by atoms with Crippen LogP contribution in [0.3, 0.4) is 0 Å². The van der Waals surface area contributed by atoms with Crippen molar-refractivity contribution in [1.82, 2.24) is 10.3 Å². The van der Waals surface area contributed by atoms with E-state index in [4.69, 9.17) is 11.6 Å². The zero-order valence-electron chi connectivity index (χ0n) is 10.1. The van der Waals surface area contributed by atoms with E-state index in [2.05, 4.69) is 16.4 Å². The molecule has 1 aliphatic carbocycles. The summed E-state index contributed by atoms with van der Waals surface area (Å²) in [7, 11) is 0. The zero-order chi connectivity index (χ0) is 12.4. The summed E-state index contributed by atoms with van der Waals surface area (Å²) in [5.74, 6) is 0. The van der Waals surface area contributed by atoms with Crippen LogP contribution in [0.4, 0.5) is 0 Å². The van der Waals surface area contributed by atoms with Gasteiger partial charge in [-0.1, -0.05) is 17.7 Å². The summed E-state index contributed by atoms with van der Waals surface area (Å²) < 4.78 is 0. The average molecular weight is 259 g/mol. The van der Waals surface area contributed by atoms with Gasteiger partial charge in [-0.2, -0.15) is 0 Å². The second kappa shape index (κ2) is 5.09. The first-order valence-corrected chi connectivity index (χ1v) is 6.63. The molecule has 2 nitrogen and oxygen atoms in total. The van der Waals surface area contributed by atoms with Crippen molar-refractivity contribution in [2.75, 3.05) is 0 Å². The fourth-order valence-electron chi connectivity index (χ4n) is 2.04. The minimum Gasteiger partial charge on any atom is -0.310 e. The second-order valence-corrected chi connectivity index (χ2v) is 5.13. The van der Waals surface area contributed by atoms with Gasteiger partial charge >= 0.3 is 0 Å². The predicted octanol–water partition coefficient (Wildman–Crippen LogP) is 3.65. The summed E-state index contributed by atoms with van der Waals surface area (Å²) in [5.41, 5.74) is 3.65. The molecule has 3 heteroatoms. The maximum Gasteiger partial charge on any atom is 0.0412 e. The smallest absolute Gasteiger partial charge is 0.0412 e. The average Bonchev–Trinajstić information content (AvgIpc) is 3.22. The van der Waals surface area contributed by atoms with Crippen molar-refractivity contribution in [3.8, 4) is 11.1 Å². The molecule has 1 N–H and O–H groups in total. The van der Waals surface area contributed by atoms with E-state index < -0.39 is 0 Å². The number of aromatic nitrogens is 1. The van der Waals surface area contributed by atoms with Gasteiger partial charge in [0, 0.05) is 30.0 Å². The first kappa shape index (κ1) is 11.7. The van der Waals surface area contributed by atoms with Crippen molar-refractivity contribution in [3.05, 3.63) is 53.3 Å². The number of benzene rings is 1. The molecule has 1 aromatic heterocycles. The largest absolute Gasteiger partial charge is 0.310 e. The highest BCUT2D eigenvalue weighted by atomic mass is 35.5. The lowest BCUT2D eigenvalue weighted by Gasteiger charge is -2.11. The molecule has 0 spiro atoms. The van der Waals surface area contributed by atoms with Crippen molar-refractivity contribution in [2.24, 2.45) is 0 Å². The van der Waals surface area contributed by atoms with Crippen LogP contribution >= 0.6 is 11.6 Å². The number of nitrogens with one attached hydrogen (secondary N) is 1. The fourth-order valence-corrected chi connectivity index (χ4v) is 2.22. The number of hydrogen-bond donors (Lipinski definition) is 1. The van der Waals surface area contributed by atoms with Crippen LogP contribution in [-0.2, 0) is 6.54 Å². The van der Waals surface area contributed by atoms with E-state index in [-0.39, 0.29) is 0 Å². The Bertz CT molecular complexity index is 535. The molecule has 1 heterocycles. The van der Waals surface area contributed by atoms with E-state index in [0.29, 0.717) is 6.04 Å². The van der Waals surface area contributed by atoms with E-state index in [1.54, 1.807) is 0 Å². The fraction of sp³-hybridized carbons (Fsp3) is 0.267. The molecule has 3 rings (SSSR count). The molecular formula is C15H15ClN2. The minimum atomic E-state index is 0.714. The van der Waals surface area contributed by atoms with Gasteiger partial charge in [-0.3, -0.25) is 4.98 Å². The Kier molecular flexibility index (Phi) is 3.31. The van der Waals surface area contributed by atoms with Gasteiger partial charge in [0.1, 0.15) is 0 Å². The Morgan fingerprint density at radius 3 is 2.67 bits per heavy atom. The van der Waals surface area contributed by atoms with Gasteiger partial charge < -0.3 is 5.32 Å². The van der Waals surface area contributed by atoms with Gasteiger partial charge in [0.2, 0.25) is 0 Å². The van der Waals surface area contributed by atoms with E-state index in [9.17, 15) is 0 Å². The van der Waals surface area contributed by atoms with Crippen LogP contribution < -0.4 is 5.32 Å². The normalized spacial score (nSPS) is 14.7. The highest BCUT2D eigenvalue weighted by molar-refractivity contribution is 6.30. The topological polar surface area (TPSA) is 24.9 Å². The highest BCUT2D eigenvalue weighted by Gasteiger charge is 2.20. The SMILES string of the molecule is Clc1ccc(CNC2CC2)c(-c2ccncc2)c1. The van der Waals surface area contributed by atoms with Crippen molar-refractivity contribution < 1.29 is 0 Å². The molecule has 0 radical (unpaired) electrons. The van der Waals surface area contributed by atoms with Crippen molar-refractivity contribution in [2.45, 2.75) is 25.4 Å². The highest BCUT2D eigenvalue weighted by Crippen LogP contribution is 2.27. The summed E-state index contributed by atoms with van der Waals surface area (Å²) in [5, 5.41) is 4.32. The Labute approximate surface area is 112 Å². The van der Waals surface area contributed by atoms with Gasteiger partial charge in [0.05, 0.1) is 0 Å². The molecule has 0 saturated heterocycles. The monoisotopic (exact) mass is 258 g/mol. The molecule has 0 unspecified atom stereocenters. The first-order chi connectivity index (χ1) is 8.83. The molecule has 1 aromatic carbocycles. The summed E-state index contributed by atoms with van der Waals surface area (Å²) in [6.07, 6.45) is 6.24. The van der Waals surface area contributed by atoms with E-state index in [1.165, 1.54) is 29.5 Å². The third kappa shape index (κ3) is 2.71. The van der Waals surface area contributed by atoms with E-state index >= 15 is 0 Å². The maximum atomic E-state index is 6.11. The molecule has 1 saturated carbocycles. The summed E-state index contributed by atoms with van der Waals surface area (Å²) in [4.78, 5) is 4.06. The number of halogens is 1. The molecule has 1 fully saturated rings. The Balaban J connectivity index is 1.92. The Morgan fingerprint density at radius 2 is 1.94 bits per heavy atom. The molecule has 18 heavy (non-hydrogen) atoms. The molecule has 0 aliphatic heterocycles. The standard InChI is InChI=1S/C15H15ClN2/c16-13-2-1-12(10-18-14-3-4-14)15(9-13)11-5-7-17-8-6-11/h1-2,5-9,14,18H,3-4,10H2. The lowest BCUT2D eigenvalue weighted by Crippen LogP contribution is -2.15. The van der Waals surface area contributed by atoms with Crippen molar-refractivity contribution in [3.63, 3.8) is 0 Å². The van der Waals surface area contributed by atoms with Gasteiger partial charge in [0.25, 0.3) is 0 Å².